The zero-order valence-electron chi connectivity index (χ0n) is 14.3. The van der Waals surface area contributed by atoms with Crippen molar-refractivity contribution in [2.75, 3.05) is 10.6 Å². The summed E-state index contributed by atoms with van der Waals surface area (Å²) in [7, 11) is 1.88. The number of anilines is 2. The van der Waals surface area contributed by atoms with E-state index < -0.39 is 0 Å². The largest absolute Gasteiger partial charge is 0.326 e. The Morgan fingerprint density at radius 1 is 1.04 bits per heavy atom. The fourth-order valence-electron chi connectivity index (χ4n) is 2.22. The van der Waals surface area contributed by atoms with E-state index in [2.05, 4.69) is 20.8 Å². The van der Waals surface area contributed by atoms with Crippen molar-refractivity contribution < 1.29 is 9.59 Å². The van der Waals surface area contributed by atoms with Crippen LogP contribution in [0.4, 0.5) is 11.4 Å². The molecule has 0 aliphatic heterocycles. The fourth-order valence-corrected chi connectivity index (χ4v) is 2.98. The second-order valence-electron chi connectivity index (χ2n) is 5.57. The van der Waals surface area contributed by atoms with Crippen molar-refractivity contribution in [1.82, 2.24) is 14.8 Å². The van der Waals surface area contributed by atoms with Crippen molar-refractivity contribution >= 4 is 35.0 Å². The van der Waals surface area contributed by atoms with Crippen molar-refractivity contribution in [1.29, 1.82) is 0 Å². The Labute approximate surface area is 154 Å². The fraction of sp³-hybridized carbons (Fsp3) is 0.111. The lowest BCUT2D eigenvalue weighted by atomic mass is 10.2. The highest BCUT2D eigenvalue weighted by atomic mass is 32.2. The first-order valence-corrected chi connectivity index (χ1v) is 8.64. The number of aromatic nitrogens is 3. The Kier molecular flexibility index (Phi) is 5.33. The molecule has 0 aliphatic carbocycles. The minimum Gasteiger partial charge on any atom is -0.326 e. The van der Waals surface area contributed by atoms with Crippen LogP contribution in [0, 0.1) is 0 Å². The van der Waals surface area contributed by atoms with Crippen LogP contribution in [0.2, 0.25) is 0 Å². The molecule has 3 aromatic rings. The zero-order valence-corrected chi connectivity index (χ0v) is 15.1. The summed E-state index contributed by atoms with van der Waals surface area (Å²) in [4.78, 5) is 24.5. The topological polar surface area (TPSA) is 88.9 Å². The molecule has 2 aromatic carbocycles. The molecule has 0 bridgehead atoms. The SMILES string of the molecule is CC(=O)Nc1cccc(C(=O)Nc2ccc(Sc3nncn3C)cc2)c1. The minimum atomic E-state index is -0.245. The minimum absolute atomic E-state index is 0.182. The smallest absolute Gasteiger partial charge is 0.255 e. The average Bonchev–Trinajstić information content (AvgIpc) is 3.01. The summed E-state index contributed by atoms with van der Waals surface area (Å²) in [5.41, 5.74) is 1.73. The van der Waals surface area contributed by atoms with Crippen molar-refractivity contribution in [3.8, 4) is 0 Å². The molecule has 7 nitrogen and oxygen atoms in total. The molecule has 0 saturated carbocycles. The molecule has 0 spiro atoms. The van der Waals surface area contributed by atoms with Gasteiger partial charge in [-0.2, -0.15) is 0 Å². The summed E-state index contributed by atoms with van der Waals surface area (Å²) in [6, 6.07) is 14.2. The van der Waals surface area contributed by atoms with Gasteiger partial charge < -0.3 is 15.2 Å². The van der Waals surface area contributed by atoms with Gasteiger partial charge in [0.15, 0.2) is 5.16 Å². The number of aryl methyl sites for hydroxylation is 1. The summed E-state index contributed by atoms with van der Waals surface area (Å²) >= 11 is 1.49. The standard InChI is InChI=1S/C18H17N5O2S/c1-12(24)20-15-5-3-4-13(10-15)17(25)21-14-6-8-16(9-7-14)26-18-22-19-11-23(18)2/h3-11H,1-2H3,(H,20,24)(H,21,25). The van der Waals surface area contributed by atoms with E-state index in [9.17, 15) is 9.59 Å². The van der Waals surface area contributed by atoms with E-state index in [0.717, 1.165) is 10.1 Å². The average molecular weight is 367 g/mol. The van der Waals surface area contributed by atoms with Crippen LogP contribution in [0.25, 0.3) is 0 Å². The van der Waals surface area contributed by atoms with E-state index in [-0.39, 0.29) is 11.8 Å². The third kappa shape index (κ3) is 4.48. The highest BCUT2D eigenvalue weighted by molar-refractivity contribution is 7.99. The molecular weight excluding hydrogens is 350 g/mol. The Morgan fingerprint density at radius 3 is 2.46 bits per heavy atom. The second-order valence-corrected chi connectivity index (χ2v) is 6.61. The third-order valence-electron chi connectivity index (χ3n) is 3.44. The first-order chi connectivity index (χ1) is 12.5. The summed E-state index contributed by atoms with van der Waals surface area (Å²) in [5, 5.41) is 14.2. The predicted molar refractivity (Wildman–Crippen MR) is 100 cm³/mol. The summed E-state index contributed by atoms with van der Waals surface area (Å²) in [6.07, 6.45) is 1.64. The van der Waals surface area contributed by atoms with E-state index in [0.29, 0.717) is 16.9 Å². The number of nitrogens with one attached hydrogen (secondary N) is 2. The number of hydrogen-bond donors (Lipinski definition) is 2. The Morgan fingerprint density at radius 2 is 1.81 bits per heavy atom. The maximum absolute atomic E-state index is 12.4. The zero-order chi connectivity index (χ0) is 18.5. The van der Waals surface area contributed by atoms with Crippen LogP contribution >= 0.6 is 11.8 Å². The number of carbonyl (C=O) groups excluding carboxylic acids is 2. The number of amides is 2. The first-order valence-electron chi connectivity index (χ1n) is 7.82. The van der Waals surface area contributed by atoms with Gasteiger partial charge in [-0.15, -0.1) is 10.2 Å². The van der Waals surface area contributed by atoms with Crippen LogP contribution < -0.4 is 10.6 Å². The lowest BCUT2D eigenvalue weighted by Crippen LogP contribution is -2.13. The Balaban J connectivity index is 1.66. The van der Waals surface area contributed by atoms with Crippen LogP contribution in [0.1, 0.15) is 17.3 Å². The molecule has 26 heavy (non-hydrogen) atoms. The van der Waals surface area contributed by atoms with Gasteiger partial charge in [0.1, 0.15) is 6.33 Å². The molecule has 132 valence electrons. The molecule has 1 heterocycles. The number of carbonyl (C=O) groups is 2. The molecule has 0 unspecified atom stereocenters. The number of rotatable bonds is 5. The molecule has 0 saturated heterocycles. The van der Waals surface area contributed by atoms with E-state index >= 15 is 0 Å². The Bertz CT molecular complexity index is 937. The number of hydrogen-bond acceptors (Lipinski definition) is 5. The van der Waals surface area contributed by atoms with Gasteiger partial charge in [0.25, 0.3) is 5.91 Å². The van der Waals surface area contributed by atoms with E-state index in [4.69, 9.17) is 0 Å². The van der Waals surface area contributed by atoms with E-state index in [1.807, 2.05) is 35.9 Å². The molecular formula is C18H17N5O2S. The number of nitrogens with zero attached hydrogens (tertiary/aromatic N) is 3. The monoisotopic (exact) mass is 367 g/mol. The van der Waals surface area contributed by atoms with Crippen molar-refractivity contribution in [2.24, 2.45) is 7.05 Å². The molecule has 8 heteroatoms. The molecule has 3 rings (SSSR count). The third-order valence-corrected chi connectivity index (χ3v) is 4.50. The van der Waals surface area contributed by atoms with Crippen molar-refractivity contribution in [3.05, 3.63) is 60.4 Å². The molecule has 2 N–H and O–H groups in total. The van der Waals surface area contributed by atoms with Gasteiger partial charge in [-0.1, -0.05) is 6.07 Å². The quantitative estimate of drug-likeness (QED) is 0.723. The van der Waals surface area contributed by atoms with E-state index in [1.54, 1.807) is 30.6 Å². The summed E-state index contributed by atoms with van der Waals surface area (Å²) in [5.74, 6) is -0.426. The molecule has 2 amide bonds. The van der Waals surface area contributed by atoms with Crippen molar-refractivity contribution in [3.63, 3.8) is 0 Å². The lowest BCUT2D eigenvalue weighted by Gasteiger charge is -2.08. The normalized spacial score (nSPS) is 10.4. The molecule has 0 radical (unpaired) electrons. The lowest BCUT2D eigenvalue weighted by molar-refractivity contribution is -0.114. The van der Waals surface area contributed by atoms with Crippen LogP contribution in [0.5, 0.6) is 0 Å². The summed E-state index contributed by atoms with van der Waals surface area (Å²) in [6.45, 7) is 1.42. The van der Waals surface area contributed by atoms with Gasteiger partial charge in [0.05, 0.1) is 0 Å². The van der Waals surface area contributed by atoms with Crippen LogP contribution in [-0.4, -0.2) is 26.6 Å². The summed E-state index contributed by atoms with van der Waals surface area (Å²) < 4.78 is 1.84. The van der Waals surface area contributed by atoms with Crippen molar-refractivity contribution in [2.45, 2.75) is 17.0 Å². The predicted octanol–water partition coefficient (Wildman–Crippen LogP) is 3.18. The highest BCUT2D eigenvalue weighted by Crippen LogP contribution is 2.26. The van der Waals surface area contributed by atoms with Gasteiger partial charge in [-0.25, -0.2) is 0 Å². The van der Waals surface area contributed by atoms with E-state index in [1.165, 1.54) is 18.7 Å². The molecule has 0 fully saturated rings. The maximum Gasteiger partial charge on any atom is 0.255 e. The van der Waals surface area contributed by atoms with Gasteiger partial charge in [-0.3, -0.25) is 9.59 Å². The first kappa shape index (κ1) is 17.7. The van der Waals surface area contributed by atoms with Gasteiger partial charge in [0, 0.05) is 35.8 Å². The van der Waals surface area contributed by atoms with Gasteiger partial charge in [0.2, 0.25) is 5.91 Å². The second kappa shape index (κ2) is 7.83. The maximum atomic E-state index is 12.4. The number of benzene rings is 2. The molecule has 0 aliphatic rings. The van der Waals surface area contributed by atoms with Gasteiger partial charge in [-0.05, 0) is 54.2 Å². The van der Waals surface area contributed by atoms with Crippen LogP contribution in [-0.2, 0) is 11.8 Å². The Hall–Kier alpha value is -3.13. The van der Waals surface area contributed by atoms with Crippen LogP contribution in [0.15, 0.2) is 64.9 Å². The van der Waals surface area contributed by atoms with Crippen LogP contribution in [0.3, 0.4) is 0 Å². The molecule has 1 aromatic heterocycles. The molecule has 0 atom stereocenters. The highest BCUT2D eigenvalue weighted by Gasteiger charge is 2.08. The van der Waals surface area contributed by atoms with Gasteiger partial charge >= 0.3 is 0 Å².